The lowest BCUT2D eigenvalue weighted by Crippen LogP contribution is -2.48. The molecule has 2 N–H and O–H groups in total. The van der Waals surface area contributed by atoms with Crippen LogP contribution in [0.3, 0.4) is 0 Å². The van der Waals surface area contributed by atoms with Crippen molar-refractivity contribution in [1.29, 1.82) is 0 Å². The molecule has 0 spiro atoms. The number of amides is 2. The standard InChI is InChI=1S/C23H24F2N4O3S/c1-12-10-28-11-14(8-16(25)20(28)26-12)27-21(30)19-15(24)9-17(33-19)13-5-6-29(22(31)32)18(7-13)23(2,3)4/h5,8-11,18H,6-7H2,1-4H3,(H,27,30)(H,31,32). The summed E-state index contributed by atoms with van der Waals surface area (Å²) in [4.78, 5) is 30.3. The van der Waals surface area contributed by atoms with E-state index in [2.05, 4.69) is 10.3 Å². The highest BCUT2D eigenvalue weighted by Gasteiger charge is 2.36. The van der Waals surface area contributed by atoms with Gasteiger partial charge in [-0.15, -0.1) is 11.3 Å². The Morgan fingerprint density at radius 3 is 2.61 bits per heavy atom. The Morgan fingerprint density at radius 1 is 1.21 bits per heavy atom. The van der Waals surface area contributed by atoms with Crippen LogP contribution in [0.4, 0.5) is 19.3 Å². The number of carbonyl (C=O) groups is 2. The predicted octanol–water partition coefficient (Wildman–Crippen LogP) is 5.42. The first kappa shape index (κ1) is 22.9. The Labute approximate surface area is 193 Å². The molecule has 0 saturated carbocycles. The number of imidazole rings is 1. The van der Waals surface area contributed by atoms with Gasteiger partial charge in [-0.25, -0.2) is 18.6 Å². The summed E-state index contributed by atoms with van der Waals surface area (Å²) in [6, 6.07) is 2.15. The molecule has 0 bridgehead atoms. The number of carbonyl (C=O) groups excluding carboxylic acids is 1. The molecule has 0 aromatic carbocycles. The summed E-state index contributed by atoms with van der Waals surface area (Å²) in [5.74, 6) is -1.96. The first-order valence-corrected chi connectivity index (χ1v) is 11.2. The van der Waals surface area contributed by atoms with Gasteiger partial charge in [0, 0.05) is 35.9 Å². The number of aryl methyl sites for hydroxylation is 1. The van der Waals surface area contributed by atoms with Gasteiger partial charge in [0.1, 0.15) is 10.7 Å². The van der Waals surface area contributed by atoms with E-state index in [4.69, 9.17) is 0 Å². The lowest BCUT2D eigenvalue weighted by molar-refractivity contribution is 0.0884. The molecular weight excluding hydrogens is 450 g/mol. The molecule has 33 heavy (non-hydrogen) atoms. The Hall–Kier alpha value is -3.27. The van der Waals surface area contributed by atoms with Gasteiger partial charge in [0.15, 0.2) is 11.5 Å². The molecule has 174 valence electrons. The van der Waals surface area contributed by atoms with Crippen molar-refractivity contribution in [3.63, 3.8) is 0 Å². The Balaban J connectivity index is 1.58. The predicted molar refractivity (Wildman–Crippen MR) is 123 cm³/mol. The first-order chi connectivity index (χ1) is 15.4. The van der Waals surface area contributed by atoms with Crippen LogP contribution in [0, 0.1) is 24.0 Å². The molecule has 4 heterocycles. The highest BCUT2D eigenvalue weighted by Crippen LogP contribution is 2.38. The van der Waals surface area contributed by atoms with Crippen LogP contribution < -0.4 is 5.32 Å². The minimum Gasteiger partial charge on any atom is -0.465 e. The molecule has 3 aromatic rings. The van der Waals surface area contributed by atoms with E-state index in [1.807, 2.05) is 20.8 Å². The van der Waals surface area contributed by atoms with Crippen LogP contribution in [-0.2, 0) is 0 Å². The van der Waals surface area contributed by atoms with Crippen LogP contribution in [0.25, 0.3) is 11.2 Å². The normalized spacial score (nSPS) is 16.7. The molecule has 0 radical (unpaired) electrons. The van der Waals surface area contributed by atoms with E-state index in [0.29, 0.717) is 17.0 Å². The molecular formula is C23H24F2N4O3S. The highest BCUT2D eigenvalue weighted by molar-refractivity contribution is 7.15. The summed E-state index contributed by atoms with van der Waals surface area (Å²) >= 11 is 0.993. The maximum Gasteiger partial charge on any atom is 0.407 e. The van der Waals surface area contributed by atoms with Crippen LogP contribution >= 0.6 is 11.3 Å². The minimum absolute atomic E-state index is 0.124. The second-order valence-electron chi connectivity index (χ2n) is 9.18. The lowest BCUT2D eigenvalue weighted by Gasteiger charge is -2.41. The number of hydrogen-bond acceptors (Lipinski definition) is 4. The highest BCUT2D eigenvalue weighted by atomic mass is 32.1. The first-order valence-electron chi connectivity index (χ1n) is 10.4. The number of thiophene rings is 1. The van der Waals surface area contributed by atoms with E-state index in [9.17, 15) is 23.5 Å². The van der Waals surface area contributed by atoms with Crippen molar-refractivity contribution in [1.82, 2.24) is 14.3 Å². The van der Waals surface area contributed by atoms with Crippen LogP contribution in [0.2, 0.25) is 0 Å². The summed E-state index contributed by atoms with van der Waals surface area (Å²) < 4.78 is 30.5. The molecule has 1 aliphatic rings. The largest absolute Gasteiger partial charge is 0.465 e. The molecule has 4 rings (SSSR count). The third-order valence-corrected chi connectivity index (χ3v) is 6.85. The average Bonchev–Trinajstić information content (AvgIpc) is 3.29. The number of anilines is 1. The van der Waals surface area contributed by atoms with Gasteiger partial charge in [-0.2, -0.15) is 0 Å². The van der Waals surface area contributed by atoms with Crippen molar-refractivity contribution >= 4 is 40.2 Å². The summed E-state index contributed by atoms with van der Waals surface area (Å²) in [6.45, 7) is 7.80. The maximum atomic E-state index is 14.7. The van der Waals surface area contributed by atoms with Crippen LogP contribution in [0.15, 0.2) is 30.6 Å². The van der Waals surface area contributed by atoms with E-state index in [1.54, 1.807) is 19.2 Å². The SMILES string of the molecule is Cc1cn2cc(NC(=O)c3sc(C4=CCN(C(=O)O)C(C(C)(C)C)C4)cc3F)cc(F)c2n1. The number of aromatic nitrogens is 2. The molecule has 1 aliphatic heterocycles. The smallest absolute Gasteiger partial charge is 0.407 e. The molecule has 0 aliphatic carbocycles. The number of nitrogens with one attached hydrogen (secondary N) is 1. The van der Waals surface area contributed by atoms with Crippen molar-refractivity contribution in [3.8, 4) is 0 Å². The van der Waals surface area contributed by atoms with Crippen LogP contribution in [0.1, 0.15) is 47.4 Å². The molecule has 1 atom stereocenters. The van der Waals surface area contributed by atoms with E-state index in [-0.39, 0.29) is 34.2 Å². The molecule has 0 saturated heterocycles. The summed E-state index contributed by atoms with van der Waals surface area (Å²) in [6.07, 6.45) is 4.31. The molecule has 3 aromatic heterocycles. The maximum absolute atomic E-state index is 14.7. The molecule has 10 heteroatoms. The fraction of sp³-hybridized carbons (Fsp3) is 0.348. The average molecular weight is 475 g/mol. The number of carboxylic acid groups (broad SMARTS) is 1. The summed E-state index contributed by atoms with van der Waals surface area (Å²) in [5.41, 5.74) is 1.43. The molecule has 7 nitrogen and oxygen atoms in total. The fourth-order valence-corrected chi connectivity index (χ4v) is 5.02. The topological polar surface area (TPSA) is 86.9 Å². The van der Waals surface area contributed by atoms with E-state index in [0.717, 1.165) is 23.0 Å². The Morgan fingerprint density at radius 2 is 1.94 bits per heavy atom. The zero-order valence-corrected chi connectivity index (χ0v) is 19.5. The summed E-state index contributed by atoms with van der Waals surface area (Å²) in [5, 5.41) is 12.1. The van der Waals surface area contributed by atoms with Gasteiger partial charge in [0.2, 0.25) is 0 Å². The lowest BCUT2D eigenvalue weighted by atomic mass is 9.80. The fourth-order valence-electron chi connectivity index (χ4n) is 4.04. The van der Waals surface area contributed by atoms with Gasteiger partial charge in [-0.05, 0) is 30.4 Å². The van der Waals surface area contributed by atoms with Gasteiger partial charge in [0.25, 0.3) is 5.91 Å². The Kier molecular flexibility index (Phi) is 5.73. The van der Waals surface area contributed by atoms with E-state index < -0.39 is 23.6 Å². The van der Waals surface area contributed by atoms with Crippen LogP contribution in [-0.4, -0.2) is 44.0 Å². The number of hydrogen-bond donors (Lipinski definition) is 2. The van der Waals surface area contributed by atoms with Gasteiger partial charge >= 0.3 is 6.09 Å². The van der Waals surface area contributed by atoms with Gasteiger partial charge < -0.3 is 19.7 Å². The van der Waals surface area contributed by atoms with Crippen molar-refractivity contribution in [2.24, 2.45) is 5.41 Å². The summed E-state index contributed by atoms with van der Waals surface area (Å²) in [7, 11) is 0. The Bertz CT molecular complexity index is 1290. The van der Waals surface area contributed by atoms with Crippen molar-refractivity contribution in [3.05, 3.63) is 57.7 Å². The number of rotatable bonds is 3. The van der Waals surface area contributed by atoms with E-state index >= 15 is 0 Å². The third kappa shape index (κ3) is 4.47. The van der Waals surface area contributed by atoms with Crippen molar-refractivity contribution in [2.45, 2.75) is 40.2 Å². The van der Waals surface area contributed by atoms with Gasteiger partial charge in [-0.3, -0.25) is 4.79 Å². The van der Waals surface area contributed by atoms with Gasteiger partial charge in [0.05, 0.1) is 11.4 Å². The second-order valence-corrected chi connectivity index (χ2v) is 10.2. The quantitative estimate of drug-likeness (QED) is 0.531. The van der Waals surface area contributed by atoms with Crippen molar-refractivity contribution in [2.75, 3.05) is 11.9 Å². The number of nitrogens with zero attached hydrogens (tertiary/aromatic N) is 3. The van der Waals surface area contributed by atoms with Crippen LogP contribution in [0.5, 0.6) is 0 Å². The zero-order chi connectivity index (χ0) is 24.1. The third-order valence-electron chi connectivity index (χ3n) is 5.66. The second kappa shape index (κ2) is 8.26. The van der Waals surface area contributed by atoms with Gasteiger partial charge in [-0.1, -0.05) is 26.8 Å². The molecule has 1 unspecified atom stereocenters. The number of halogens is 2. The number of pyridine rings is 1. The van der Waals surface area contributed by atoms with E-state index in [1.165, 1.54) is 21.6 Å². The molecule has 2 amide bonds. The number of fused-ring (bicyclic) bond motifs is 1. The zero-order valence-electron chi connectivity index (χ0n) is 18.6. The monoisotopic (exact) mass is 474 g/mol. The minimum atomic E-state index is -1.00. The van der Waals surface area contributed by atoms with Crippen molar-refractivity contribution < 1.29 is 23.5 Å². The molecule has 0 fully saturated rings.